The van der Waals surface area contributed by atoms with Gasteiger partial charge in [0.1, 0.15) is 0 Å². The van der Waals surface area contributed by atoms with Gasteiger partial charge >= 0.3 is 0 Å². The van der Waals surface area contributed by atoms with Gasteiger partial charge in [-0.25, -0.2) is 0 Å². The molecule has 3 rings (SSSR count). The molecule has 0 aliphatic carbocycles. The minimum atomic E-state index is 0.501. The smallest absolute Gasteiger partial charge is 0.152 e. The zero-order valence-electron chi connectivity index (χ0n) is 9.21. The van der Waals surface area contributed by atoms with E-state index in [9.17, 15) is 4.79 Å². The number of anilines is 1. The normalized spacial score (nSPS) is 19.2. The van der Waals surface area contributed by atoms with Crippen LogP contribution in [0.25, 0.3) is 10.9 Å². The number of aldehydes is 1. The highest BCUT2D eigenvalue weighted by molar-refractivity contribution is 6.03. The molecule has 1 atom stereocenters. The number of aromatic nitrogens is 1. The standard InChI is InChI=1S/C13H14N2O/c1-8-2-3-9-4-5-11-10(7-16)6-14-13(11)12(9)15-8/h4-8,14-15H,2-3H2,1H3. The van der Waals surface area contributed by atoms with Crippen LogP contribution in [0.5, 0.6) is 0 Å². The molecule has 1 unspecified atom stereocenters. The van der Waals surface area contributed by atoms with Crippen molar-refractivity contribution in [1.29, 1.82) is 0 Å². The summed E-state index contributed by atoms with van der Waals surface area (Å²) in [5.41, 5.74) is 4.30. The van der Waals surface area contributed by atoms with Crippen molar-refractivity contribution in [3.63, 3.8) is 0 Å². The van der Waals surface area contributed by atoms with Crippen LogP contribution < -0.4 is 5.32 Å². The number of hydrogen-bond donors (Lipinski definition) is 2. The highest BCUT2D eigenvalue weighted by Crippen LogP contribution is 2.33. The van der Waals surface area contributed by atoms with E-state index in [1.54, 1.807) is 6.20 Å². The Morgan fingerprint density at radius 1 is 1.44 bits per heavy atom. The molecular formula is C13H14N2O. The molecule has 0 radical (unpaired) electrons. The second kappa shape index (κ2) is 3.37. The SMILES string of the molecule is CC1CCc2ccc3c(C=O)c[nH]c3c2N1. The van der Waals surface area contributed by atoms with Crippen molar-refractivity contribution in [3.05, 3.63) is 29.5 Å². The third-order valence-corrected chi connectivity index (χ3v) is 3.34. The fraction of sp³-hybridized carbons (Fsp3) is 0.308. The van der Waals surface area contributed by atoms with Gasteiger partial charge in [0.25, 0.3) is 0 Å². The van der Waals surface area contributed by atoms with Crippen molar-refractivity contribution in [2.75, 3.05) is 5.32 Å². The lowest BCUT2D eigenvalue weighted by atomic mass is 9.97. The van der Waals surface area contributed by atoms with E-state index in [-0.39, 0.29) is 0 Å². The van der Waals surface area contributed by atoms with E-state index in [4.69, 9.17) is 0 Å². The average Bonchev–Trinajstić information content (AvgIpc) is 2.72. The van der Waals surface area contributed by atoms with Crippen LogP contribution in [0.4, 0.5) is 5.69 Å². The Balaban J connectivity index is 2.27. The largest absolute Gasteiger partial charge is 0.381 e. The van der Waals surface area contributed by atoms with Gasteiger partial charge in [0.2, 0.25) is 0 Å². The van der Waals surface area contributed by atoms with Crippen molar-refractivity contribution < 1.29 is 4.79 Å². The summed E-state index contributed by atoms with van der Waals surface area (Å²) in [7, 11) is 0. The van der Waals surface area contributed by atoms with E-state index < -0.39 is 0 Å². The molecule has 1 aromatic carbocycles. The molecule has 3 heteroatoms. The number of H-pyrrole nitrogens is 1. The number of aryl methyl sites for hydroxylation is 1. The lowest BCUT2D eigenvalue weighted by Crippen LogP contribution is -2.22. The zero-order valence-corrected chi connectivity index (χ0v) is 9.21. The van der Waals surface area contributed by atoms with Gasteiger partial charge in [-0.15, -0.1) is 0 Å². The van der Waals surface area contributed by atoms with E-state index >= 15 is 0 Å². The number of hydrogen-bond acceptors (Lipinski definition) is 2. The lowest BCUT2D eigenvalue weighted by Gasteiger charge is -2.24. The lowest BCUT2D eigenvalue weighted by molar-refractivity contribution is 0.112. The maximum absolute atomic E-state index is 10.9. The molecule has 0 fully saturated rings. The molecule has 0 amide bonds. The van der Waals surface area contributed by atoms with E-state index in [1.165, 1.54) is 17.7 Å². The van der Waals surface area contributed by atoms with E-state index in [0.717, 1.165) is 29.2 Å². The first kappa shape index (κ1) is 9.46. The first-order valence-corrected chi connectivity index (χ1v) is 5.64. The zero-order chi connectivity index (χ0) is 11.1. The van der Waals surface area contributed by atoms with Crippen molar-refractivity contribution in [3.8, 4) is 0 Å². The van der Waals surface area contributed by atoms with Crippen LogP contribution in [-0.2, 0) is 6.42 Å². The summed E-state index contributed by atoms with van der Waals surface area (Å²) in [6.45, 7) is 2.19. The number of aromatic amines is 1. The highest BCUT2D eigenvalue weighted by Gasteiger charge is 2.17. The molecular weight excluding hydrogens is 200 g/mol. The summed E-state index contributed by atoms with van der Waals surface area (Å²) in [6.07, 6.45) is 4.95. The second-order valence-electron chi connectivity index (χ2n) is 4.47. The Kier molecular flexibility index (Phi) is 1.99. The molecule has 2 aromatic rings. The summed E-state index contributed by atoms with van der Waals surface area (Å²) in [5.74, 6) is 0. The van der Waals surface area contributed by atoms with Gasteiger partial charge in [-0.3, -0.25) is 4.79 Å². The molecule has 0 spiro atoms. The molecule has 16 heavy (non-hydrogen) atoms. The molecule has 3 nitrogen and oxygen atoms in total. The van der Waals surface area contributed by atoms with Gasteiger partial charge < -0.3 is 10.3 Å². The third-order valence-electron chi connectivity index (χ3n) is 3.34. The van der Waals surface area contributed by atoms with E-state index in [1.807, 2.05) is 6.07 Å². The van der Waals surface area contributed by atoms with Crippen LogP contribution >= 0.6 is 0 Å². The van der Waals surface area contributed by atoms with Crippen LogP contribution in [-0.4, -0.2) is 17.3 Å². The van der Waals surface area contributed by atoms with Gasteiger partial charge in [0.05, 0.1) is 11.2 Å². The quantitative estimate of drug-likeness (QED) is 0.717. The summed E-state index contributed by atoms with van der Waals surface area (Å²) in [6, 6.07) is 4.66. The number of carbonyl (C=O) groups is 1. The molecule has 0 saturated heterocycles. The number of nitrogens with one attached hydrogen (secondary N) is 2. The van der Waals surface area contributed by atoms with Gasteiger partial charge in [-0.05, 0) is 25.3 Å². The van der Waals surface area contributed by atoms with Gasteiger partial charge in [0, 0.05) is 23.2 Å². The van der Waals surface area contributed by atoms with Crippen LogP contribution in [0.15, 0.2) is 18.3 Å². The molecule has 82 valence electrons. The summed E-state index contributed by atoms with van der Waals surface area (Å²) < 4.78 is 0. The molecule has 0 saturated carbocycles. The Bertz CT molecular complexity index is 556. The van der Waals surface area contributed by atoms with Crippen molar-refractivity contribution in [1.82, 2.24) is 4.98 Å². The van der Waals surface area contributed by atoms with Gasteiger partial charge in [-0.1, -0.05) is 12.1 Å². The maximum atomic E-state index is 10.9. The molecule has 1 aliphatic rings. The number of rotatable bonds is 1. The molecule has 0 bridgehead atoms. The molecule has 2 N–H and O–H groups in total. The Hall–Kier alpha value is -1.77. The topological polar surface area (TPSA) is 44.9 Å². The Labute approximate surface area is 93.9 Å². The Morgan fingerprint density at radius 2 is 2.31 bits per heavy atom. The van der Waals surface area contributed by atoms with Gasteiger partial charge in [-0.2, -0.15) is 0 Å². The van der Waals surface area contributed by atoms with Crippen LogP contribution in [0, 0.1) is 0 Å². The van der Waals surface area contributed by atoms with E-state index in [2.05, 4.69) is 23.3 Å². The van der Waals surface area contributed by atoms with Crippen molar-refractivity contribution in [2.45, 2.75) is 25.8 Å². The first-order chi connectivity index (χ1) is 7.79. The number of benzene rings is 1. The summed E-state index contributed by atoms with van der Waals surface area (Å²) >= 11 is 0. The highest BCUT2D eigenvalue weighted by atomic mass is 16.1. The maximum Gasteiger partial charge on any atom is 0.152 e. The fourth-order valence-electron chi connectivity index (χ4n) is 2.43. The van der Waals surface area contributed by atoms with Crippen LogP contribution in [0.1, 0.15) is 29.3 Å². The minimum Gasteiger partial charge on any atom is -0.381 e. The monoisotopic (exact) mass is 214 g/mol. The summed E-state index contributed by atoms with van der Waals surface area (Å²) in [5, 5.41) is 4.50. The molecule has 2 heterocycles. The predicted molar refractivity (Wildman–Crippen MR) is 65.1 cm³/mol. The molecule has 1 aromatic heterocycles. The average molecular weight is 214 g/mol. The Morgan fingerprint density at radius 3 is 3.12 bits per heavy atom. The predicted octanol–water partition coefficient (Wildman–Crippen LogP) is 2.73. The van der Waals surface area contributed by atoms with E-state index in [0.29, 0.717) is 6.04 Å². The third kappa shape index (κ3) is 1.24. The fourth-order valence-corrected chi connectivity index (χ4v) is 2.43. The first-order valence-electron chi connectivity index (χ1n) is 5.64. The van der Waals surface area contributed by atoms with Crippen LogP contribution in [0.2, 0.25) is 0 Å². The molecule has 1 aliphatic heterocycles. The second-order valence-corrected chi connectivity index (χ2v) is 4.47. The summed E-state index contributed by atoms with van der Waals surface area (Å²) in [4.78, 5) is 14.1. The number of carbonyl (C=O) groups excluding carboxylic acids is 1. The minimum absolute atomic E-state index is 0.501. The van der Waals surface area contributed by atoms with Gasteiger partial charge in [0.15, 0.2) is 6.29 Å². The van der Waals surface area contributed by atoms with Crippen molar-refractivity contribution >= 4 is 22.9 Å². The van der Waals surface area contributed by atoms with Crippen LogP contribution in [0.3, 0.4) is 0 Å². The number of fused-ring (bicyclic) bond motifs is 3. The van der Waals surface area contributed by atoms with Crippen molar-refractivity contribution in [2.24, 2.45) is 0 Å².